The van der Waals surface area contributed by atoms with Gasteiger partial charge in [0.2, 0.25) is 10.0 Å². The predicted octanol–water partition coefficient (Wildman–Crippen LogP) is 2.40. The summed E-state index contributed by atoms with van der Waals surface area (Å²) in [5, 5.41) is 11.2. The van der Waals surface area contributed by atoms with Gasteiger partial charge in [-0.25, -0.2) is 17.9 Å². The molecule has 40 heavy (non-hydrogen) atoms. The molecule has 1 aliphatic heterocycles. The second-order valence-corrected chi connectivity index (χ2v) is 12.3. The summed E-state index contributed by atoms with van der Waals surface area (Å²) >= 11 is 0. The van der Waals surface area contributed by atoms with Gasteiger partial charge >= 0.3 is 0 Å². The maximum Gasteiger partial charge on any atom is 0.263 e. The Balaban J connectivity index is 1.42. The van der Waals surface area contributed by atoms with E-state index in [1.165, 1.54) is 4.52 Å². The minimum absolute atomic E-state index is 0.00683. The van der Waals surface area contributed by atoms with Crippen LogP contribution in [0, 0.1) is 12.8 Å². The van der Waals surface area contributed by atoms with E-state index in [0.717, 1.165) is 24.8 Å². The molecule has 208 valence electrons. The van der Waals surface area contributed by atoms with Crippen LogP contribution in [0.4, 0.5) is 17.2 Å². The van der Waals surface area contributed by atoms with Gasteiger partial charge in [0.05, 0.1) is 40.8 Å². The Labute approximate surface area is 230 Å². The monoisotopic (exact) mass is 563 g/mol. The van der Waals surface area contributed by atoms with E-state index in [2.05, 4.69) is 20.2 Å². The number of benzene rings is 1. The molecule has 2 amide bonds. The number of nitrogen functional groups attached to an aromatic ring is 1. The number of anilines is 3. The lowest BCUT2D eigenvalue weighted by Gasteiger charge is -2.24. The summed E-state index contributed by atoms with van der Waals surface area (Å²) < 4.78 is 30.0. The smallest absolute Gasteiger partial charge is 0.263 e. The first-order chi connectivity index (χ1) is 18.9. The summed E-state index contributed by atoms with van der Waals surface area (Å²) in [6.07, 6.45) is 6.38. The van der Waals surface area contributed by atoms with Gasteiger partial charge in [0.25, 0.3) is 11.8 Å². The molecule has 4 heterocycles. The molecular formula is C26H29N9O4S. The zero-order chi connectivity index (χ0) is 28.5. The van der Waals surface area contributed by atoms with E-state index in [1.54, 1.807) is 41.2 Å². The Morgan fingerprint density at radius 1 is 1.23 bits per heavy atom. The van der Waals surface area contributed by atoms with Crippen molar-refractivity contribution in [2.75, 3.05) is 22.0 Å². The second-order valence-electron chi connectivity index (χ2n) is 10.5. The van der Waals surface area contributed by atoms with Crippen LogP contribution in [0.1, 0.15) is 51.7 Å². The van der Waals surface area contributed by atoms with E-state index in [-0.39, 0.29) is 34.7 Å². The molecule has 6 rings (SSSR count). The molecule has 4 aromatic rings. The lowest BCUT2D eigenvalue weighted by molar-refractivity contribution is 0.0698. The fourth-order valence-electron chi connectivity index (χ4n) is 5.20. The summed E-state index contributed by atoms with van der Waals surface area (Å²) in [6.45, 7) is 4.23. The highest BCUT2D eigenvalue weighted by molar-refractivity contribution is 7.92. The molecule has 0 radical (unpaired) electrons. The molecule has 1 unspecified atom stereocenters. The number of carbonyl (C=O) groups excluding carboxylic acids is 2. The van der Waals surface area contributed by atoms with Crippen LogP contribution in [-0.4, -0.2) is 61.8 Å². The number of fused-ring (bicyclic) bond motifs is 2. The Morgan fingerprint density at radius 2 is 1.98 bits per heavy atom. The number of hydrogen-bond donors (Lipinski definition) is 3. The topological polar surface area (TPSA) is 170 Å². The van der Waals surface area contributed by atoms with Gasteiger partial charge in [0, 0.05) is 31.4 Å². The Bertz CT molecular complexity index is 1820. The second kappa shape index (κ2) is 9.05. The van der Waals surface area contributed by atoms with E-state index in [1.807, 2.05) is 19.9 Å². The van der Waals surface area contributed by atoms with Crippen LogP contribution in [0.15, 0.2) is 30.6 Å². The lowest BCUT2D eigenvalue weighted by Crippen LogP contribution is -2.34. The van der Waals surface area contributed by atoms with Gasteiger partial charge in [0.1, 0.15) is 5.56 Å². The van der Waals surface area contributed by atoms with Crippen LogP contribution in [-0.2, 0) is 23.6 Å². The van der Waals surface area contributed by atoms with Crippen molar-refractivity contribution in [2.24, 2.45) is 13.0 Å². The zero-order valence-electron chi connectivity index (χ0n) is 22.5. The number of nitrogens with two attached hydrogens (primary N) is 1. The van der Waals surface area contributed by atoms with Crippen molar-refractivity contribution in [3.63, 3.8) is 0 Å². The number of aryl methyl sites for hydroxylation is 1. The van der Waals surface area contributed by atoms with E-state index >= 15 is 0 Å². The number of nitrogens with one attached hydrogen (secondary N) is 2. The molecule has 1 saturated carbocycles. The van der Waals surface area contributed by atoms with Crippen LogP contribution in [0.2, 0.25) is 0 Å². The van der Waals surface area contributed by atoms with Crippen molar-refractivity contribution in [3.05, 3.63) is 53.0 Å². The van der Waals surface area contributed by atoms with Crippen molar-refractivity contribution in [3.8, 4) is 11.3 Å². The van der Waals surface area contributed by atoms with Gasteiger partial charge in [-0.05, 0) is 56.4 Å². The van der Waals surface area contributed by atoms with Crippen molar-refractivity contribution in [2.45, 2.75) is 39.3 Å². The summed E-state index contributed by atoms with van der Waals surface area (Å²) in [6, 6.07) is 5.20. The summed E-state index contributed by atoms with van der Waals surface area (Å²) in [7, 11) is -1.91. The maximum absolute atomic E-state index is 13.4. The van der Waals surface area contributed by atoms with Gasteiger partial charge in [-0.15, -0.1) is 5.10 Å². The highest BCUT2D eigenvalue weighted by Gasteiger charge is 2.40. The molecular weight excluding hydrogens is 534 g/mol. The molecule has 1 aliphatic carbocycles. The fourth-order valence-corrected chi connectivity index (χ4v) is 5.76. The van der Waals surface area contributed by atoms with Crippen LogP contribution in [0.3, 0.4) is 0 Å². The maximum atomic E-state index is 13.4. The van der Waals surface area contributed by atoms with Crippen LogP contribution < -0.4 is 15.8 Å². The number of hydrogen-bond acceptors (Lipinski definition) is 8. The third-order valence-corrected chi connectivity index (χ3v) is 8.24. The van der Waals surface area contributed by atoms with Gasteiger partial charge in [-0.1, -0.05) is 0 Å². The average Bonchev–Trinajstić information content (AvgIpc) is 3.52. The number of aromatic nitrogens is 5. The molecule has 0 spiro atoms. The molecule has 4 N–H and O–H groups in total. The minimum atomic E-state index is -3.68. The molecule has 3 aromatic heterocycles. The van der Waals surface area contributed by atoms with E-state index in [0.29, 0.717) is 40.5 Å². The molecule has 14 heteroatoms. The lowest BCUT2D eigenvalue weighted by atomic mass is 10.0. The molecule has 2 aliphatic rings. The first-order valence-corrected chi connectivity index (χ1v) is 14.7. The van der Waals surface area contributed by atoms with Crippen molar-refractivity contribution in [1.82, 2.24) is 29.3 Å². The van der Waals surface area contributed by atoms with Gasteiger partial charge in [-0.2, -0.15) is 5.10 Å². The molecule has 0 bridgehead atoms. The van der Waals surface area contributed by atoms with Crippen LogP contribution >= 0.6 is 0 Å². The summed E-state index contributed by atoms with van der Waals surface area (Å²) in [5.41, 5.74) is 10.0. The quantitative estimate of drug-likeness (QED) is 0.308. The van der Waals surface area contributed by atoms with Gasteiger partial charge in [0.15, 0.2) is 11.5 Å². The van der Waals surface area contributed by atoms with E-state index in [4.69, 9.17) is 10.7 Å². The molecule has 13 nitrogen and oxygen atoms in total. The van der Waals surface area contributed by atoms with Crippen LogP contribution in [0.25, 0.3) is 16.9 Å². The van der Waals surface area contributed by atoms with Gasteiger partial charge in [-0.3, -0.25) is 19.0 Å². The summed E-state index contributed by atoms with van der Waals surface area (Å²) in [4.78, 5) is 33.1. The number of nitrogens with zero attached hydrogens (tertiary/aromatic N) is 6. The number of amides is 2. The first kappa shape index (κ1) is 25.8. The predicted molar refractivity (Wildman–Crippen MR) is 149 cm³/mol. The highest BCUT2D eigenvalue weighted by Crippen LogP contribution is 2.41. The normalized spacial score (nSPS) is 15.9. The Kier molecular flexibility index (Phi) is 5.83. The molecule has 1 aromatic carbocycles. The third-order valence-electron chi connectivity index (χ3n) is 7.65. The van der Waals surface area contributed by atoms with E-state index < -0.39 is 15.9 Å². The van der Waals surface area contributed by atoms with Crippen molar-refractivity contribution < 1.29 is 18.0 Å². The zero-order valence-corrected chi connectivity index (χ0v) is 23.3. The van der Waals surface area contributed by atoms with Crippen LogP contribution in [0.5, 0.6) is 0 Å². The number of sulfonamides is 1. The summed E-state index contributed by atoms with van der Waals surface area (Å²) in [5.74, 6) is -0.214. The first-order valence-electron chi connectivity index (χ1n) is 12.8. The largest absolute Gasteiger partial charge is 0.381 e. The molecule has 1 atom stereocenters. The van der Waals surface area contributed by atoms with E-state index in [9.17, 15) is 18.0 Å². The average molecular weight is 564 g/mol. The molecule has 0 saturated heterocycles. The Morgan fingerprint density at radius 3 is 2.62 bits per heavy atom. The Hall–Kier alpha value is -4.46. The standard InChI is InChI=1S/C26H29N9O4S/c1-13(15-5-6-15)34-12-17-9-16(10-19(21(17)26(34)37)32-40(4,38)39)18-7-8-35-24(29-18)22(23(27)31-35)25(36)30-20-11-28-33(3)14(20)2/h7-11,13,15,32H,5-6,12H2,1-4H3,(H2,27,31)(H,30,36). The van der Waals surface area contributed by atoms with Gasteiger partial charge < -0.3 is 16.0 Å². The SMILES string of the molecule is Cc1c(NC(=O)c2c(N)nn3ccc(-c4cc5c(c(NS(C)(=O)=O)c4)C(=O)N(C(C)C4CC4)C5)nc23)cnn1C. The van der Waals surface area contributed by atoms with Crippen molar-refractivity contribution >= 4 is 44.7 Å². The third kappa shape index (κ3) is 4.43. The number of rotatable bonds is 7. The fraction of sp³-hybridized carbons (Fsp3) is 0.346. The van der Waals surface area contributed by atoms with Crippen molar-refractivity contribution in [1.29, 1.82) is 0 Å². The minimum Gasteiger partial charge on any atom is -0.381 e. The number of carbonyl (C=O) groups is 2. The molecule has 1 fully saturated rings. The highest BCUT2D eigenvalue weighted by atomic mass is 32.2.